The predicted molar refractivity (Wildman–Crippen MR) is 104 cm³/mol. The Morgan fingerprint density at radius 1 is 1.08 bits per heavy atom. The van der Waals surface area contributed by atoms with Gasteiger partial charge in [0.1, 0.15) is 0 Å². The third kappa shape index (κ3) is 4.43. The molecule has 1 aliphatic rings. The molecule has 0 aliphatic carbocycles. The minimum absolute atomic E-state index is 0.307. The summed E-state index contributed by atoms with van der Waals surface area (Å²) in [6.07, 6.45) is 6.09. The van der Waals surface area contributed by atoms with E-state index in [2.05, 4.69) is 58.7 Å². The smallest absolute Gasteiger partial charge is 0.222 e. The van der Waals surface area contributed by atoms with E-state index in [-0.39, 0.29) is 0 Å². The van der Waals surface area contributed by atoms with Crippen molar-refractivity contribution in [1.82, 2.24) is 14.4 Å². The lowest BCUT2D eigenvalue weighted by Crippen LogP contribution is -2.48. The highest BCUT2D eigenvalue weighted by Gasteiger charge is 2.20. The lowest BCUT2D eigenvalue weighted by Gasteiger charge is -2.34. The summed E-state index contributed by atoms with van der Waals surface area (Å²) in [5.74, 6) is 0.307. The number of fused-ring (bicyclic) bond motifs is 1. The van der Waals surface area contributed by atoms with Crippen LogP contribution >= 0.6 is 0 Å². The van der Waals surface area contributed by atoms with Gasteiger partial charge in [-0.3, -0.25) is 9.69 Å². The Kier molecular flexibility index (Phi) is 6.14. The van der Waals surface area contributed by atoms with Gasteiger partial charge in [-0.25, -0.2) is 0 Å². The molecule has 25 heavy (non-hydrogen) atoms. The fraction of sp³-hybridized carbons (Fsp3) is 0.571. The molecular formula is C21H31N3O. The van der Waals surface area contributed by atoms with E-state index in [9.17, 15) is 4.79 Å². The summed E-state index contributed by atoms with van der Waals surface area (Å²) in [5.41, 5.74) is 2.54. The normalized spacial score (nSPS) is 15.8. The van der Waals surface area contributed by atoms with Crippen molar-refractivity contribution in [3.8, 4) is 0 Å². The van der Waals surface area contributed by atoms with Crippen LogP contribution < -0.4 is 0 Å². The van der Waals surface area contributed by atoms with Crippen molar-refractivity contribution in [2.24, 2.45) is 0 Å². The number of nitrogens with zero attached hydrogens (tertiary/aromatic N) is 3. The van der Waals surface area contributed by atoms with Gasteiger partial charge in [0.15, 0.2) is 0 Å². The van der Waals surface area contributed by atoms with Crippen LogP contribution in [0.1, 0.15) is 38.7 Å². The van der Waals surface area contributed by atoms with E-state index >= 15 is 0 Å². The second kappa shape index (κ2) is 8.52. The van der Waals surface area contributed by atoms with E-state index < -0.39 is 0 Å². The maximum absolute atomic E-state index is 12.5. The lowest BCUT2D eigenvalue weighted by molar-refractivity contribution is -0.132. The average molecular weight is 341 g/mol. The molecule has 2 aromatic rings. The fourth-order valence-electron chi connectivity index (χ4n) is 3.69. The number of rotatable bonds is 7. The monoisotopic (exact) mass is 341 g/mol. The zero-order valence-electron chi connectivity index (χ0n) is 15.7. The fourth-order valence-corrected chi connectivity index (χ4v) is 3.69. The summed E-state index contributed by atoms with van der Waals surface area (Å²) in [6.45, 7) is 10.4. The summed E-state index contributed by atoms with van der Waals surface area (Å²) in [7, 11) is 0. The van der Waals surface area contributed by atoms with E-state index in [4.69, 9.17) is 0 Å². The molecule has 0 N–H and O–H groups in total. The second-order valence-electron chi connectivity index (χ2n) is 7.07. The number of benzene rings is 1. The van der Waals surface area contributed by atoms with Crippen LogP contribution in [0.25, 0.3) is 10.9 Å². The van der Waals surface area contributed by atoms with Crippen molar-refractivity contribution in [3.05, 3.63) is 36.0 Å². The molecular weight excluding hydrogens is 310 g/mol. The Balaban J connectivity index is 1.49. The van der Waals surface area contributed by atoms with Crippen LogP contribution in [0.4, 0.5) is 0 Å². The van der Waals surface area contributed by atoms with Gasteiger partial charge in [-0.05, 0) is 55.5 Å². The van der Waals surface area contributed by atoms with Crippen LogP contribution in [-0.4, -0.2) is 53.0 Å². The highest BCUT2D eigenvalue weighted by Crippen LogP contribution is 2.19. The van der Waals surface area contributed by atoms with E-state index in [1.807, 2.05) is 0 Å². The molecule has 1 saturated heterocycles. The van der Waals surface area contributed by atoms with E-state index in [0.29, 0.717) is 12.3 Å². The minimum Gasteiger partial charge on any atom is -0.348 e. The highest BCUT2D eigenvalue weighted by atomic mass is 16.2. The summed E-state index contributed by atoms with van der Waals surface area (Å²) in [4.78, 5) is 17.0. The third-order valence-corrected chi connectivity index (χ3v) is 5.36. The summed E-state index contributed by atoms with van der Waals surface area (Å²) in [6, 6.07) is 8.76. The first-order valence-electron chi connectivity index (χ1n) is 9.79. The summed E-state index contributed by atoms with van der Waals surface area (Å²) < 4.78 is 2.25. The molecule has 0 bridgehead atoms. The quantitative estimate of drug-likeness (QED) is 0.771. The first kappa shape index (κ1) is 18.0. The van der Waals surface area contributed by atoms with Gasteiger partial charge in [-0.1, -0.05) is 19.4 Å². The van der Waals surface area contributed by atoms with Gasteiger partial charge >= 0.3 is 0 Å². The molecule has 4 nitrogen and oxygen atoms in total. The zero-order valence-corrected chi connectivity index (χ0v) is 15.7. The molecule has 1 aliphatic heterocycles. The first-order chi connectivity index (χ1) is 12.2. The molecule has 2 heterocycles. The van der Waals surface area contributed by atoms with Crippen molar-refractivity contribution in [1.29, 1.82) is 0 Å². The van der Waals surface area contributed by atoms with Gasteiger partial charge in [-0.15, -0.1) is 0 Å². The van der Waals surface area contributed by atoms with Gasteiger partial charge in [0.2, 0.25) is 5.91 Å². The molecule has 3 rings (SSSR count). The maximum Gasteiger partial charge on any atom is 0.222 e. The number of unbranched alkanes of at least 4 members (excludes halogenated alkanes) is 1. The van der Waals surface area contributed by atoms with Crippen LogP contribution in [0.3, 0.4) is 0 Å². The Morgan fingerprint density at radius 2 is 1.88 bits per heavy atom. The van der Waals surface area contributed by atoms with Crippen molar-refractivity contribution in [2.45, 2.75) is 46.1 Å². The maximum atomic E-state index is 12.5. The minimum atomic E-state index is 0.307. The molecule has 136 valence electrons. The molecule has 0 radical (unpaired) electrons. The van der Waals surface area contributed by atoms with Gasteiger partial charge in [0.05, 0.1) is 0 Å². The number of hydrogen-bond donors (Lipinski definition) is 0. The molecule has 0 spiro atoms. The molecule has 0 atom stereocenters. The molecule has 4 heteroatoms. The second-order valence-corrected chi connectivity index (χ2v) is 7.07. The molecule has 0 saturated carbocycles. The van der Waals surface area contributed by atoms with E-state index in [1.54, 1.807) is 0 Å². The zero-order chi connectivity index (χ0) is 17.6. The van der Waals surface area contributed by atoms with Gasteiger partial charge in [0.25, 0.3) is 0 Å². The number of amides is 1. The van der Waals surface area contributed by atoms with Gasteiger partial charge in [-0.2, -0.15) is 0 Å². The largest absolute Gasteiger partial charge is 0.348 e. The Labute approximate surface area is 151 Å². The van der Waals surface area contributed by atoms with E-state index in [0.717, 1.165) is 39.1 Å². The topological polar surface area (TPSA) is 28.5 Å². The van der Waals surface area contributed by atoms with Crippen molar-refractivity contribution in [3.63, 3.8) is 0 Å². The number of carbonyl (C=O) groups is 1. The molecule has 0 unspecified atom stereocenters. The predicted octanol–water partition coefficient (Wildman–Crippen LogP) is 3.54. The number of carbonyl (C=O) groups excluding carboxylic acids is 1. The van der Waals surface area contributed by atoms with Gasteiger partial charge < -0.3 is 9.47 Å². The number of piperazine rings is 1. The molecule has 1 fully saturated rings. The van der Waals surface area contributed by atoms with Crippen LogP contribution in [-0.2, 0) is 17.8 Å². The molecule has 1 aromatic carbocycles. The Bertz CT molecular complexity index is 698. The lowest BCUT2D eigenvalue weighted by atomic mass is 10.1. The van der Waals surface area contributed by atoms with Crippen LogP contribution in [0.5, 0.6) is 0 Å². The number of hydrogen-bond acceptors (Lipinski definition) is 2. The van der Waals surface area contributed by atoms with Gasteiger partial charge in [0, 0.05) is 50.9 Å². The third-order valence-electron chi connectivity index (χ3n) is 5.36. The molecule has 1 aromatic heterocycles. The summed E-state index contributed by atoms with van der Waals surface area (Å²) in [5, 5.41) is 1.27. The highest BCUT2D eigenvalue weighted by molar-refractivity contribution is 5.81. The van der Waals surface area contributed by atoms with Crippen molar-refractivity contribution < 1.29 is 4.79 Å². The van der Waals surface area contributed by atoms with Crippen LogP contribution in [0.2, 0.25) is 0 Å². The Morgan fingerprint density at radius 3 is 2.60 bits per heavy atom. The van der Waals surface area contributed by atoms with Crippen LogP contribution in [0, 0.1) is 0 Å². The molecule has 1 amide bonds. The standard InChI is InChI=1S/C21H31N3O/c1-3-5-11-22-13-15-24(16-14-22)21(25)9-7-18-6-8-20-19(17-18)10-12-23(20)4-2/h6,8,10,12,17H,3-5,7,9,11,13-16H2,1-2H3. The first-order valence-corrected chi connectivity index (χ1v) is 9.79. The summed E-state index contributed by atoms with van der Waals surface area (Å²) >= 11 is 0. The van der Waals surface area contributed by atoms with Crippen LogP contribution in [0.15, 0.2) is 30.5 Å². The van der Waals surface area contributed by atoms with Crippen molar-refractivity contribution >= 4 is 16.8 Å². The van der Waals surface area contributed by atoms with Crippen molar-refractivity contribution in [2.75, 3.05) is 32.7 Å². The SMILES string of the molecule is CCCCN1CCN(C(=O)CCc2ccc3c(ccn3CC)c2)CC1. The Hall–Kier alpha value is -1.81. The average Bonchev–Trinajstić information content (AvgIpc) is 3.07. The van der Waals surface area contributed by atoms with E-state index in [1.165, 1.54) is 35.9 Å². The number of aromatic nitrogens is 1. The number of aryl methyl sites for hydroxylation is 2.